The van der Waals surface area contributed by atoms with Crippen LogP contribution in [0, 0.1) is 23.7 Å². The minimum Gasteiger partial charge on any atom is -0.462 e. The van der Waals surface area contributed by atoms with Crippen LogP contribution in [0.3, 0.4) is 0 Å². The summed E-state index contributed by atoms with van der Waals surface area (Å²) in [6.07, 6.45) is 43.2. The van der Waals surface area contributed by atoms with E-state index in [1.807, 2.05) is 0 Å². The number of phosphoric acid groups is 2. The summed E-state index contributed by atoms with van der Waals surface area (Å²) in [5, 5.41) is 10.6. The normalized spacial score (nSPS) is 14.6. The number of aliphatic hydroxyl groups is 1. The zero-order valence-corrected chi connectivity index (χ0v) is 60.6. The minimum atomic E-state index is -4.95. The fourth-order valence-corrected chi connectivity index (χ4v) is 12.2. The van der Waals surface area contributed by atoms with Crippen LogP contribution in [0.25, 0.3) is 0 Å². The van der Waals surface area contributed by atoms with Gasteiger partial charge in [-0.1, -0.05) is 299 Å². The molecule has 17 nitrogen and oxygen atoms in total. The molecule has 0 saturated heterocycles. The average molecular weight is 1330 g/mol. The van der Waals surface area contributed by atoms with Gasteiger partial charge in [0.05, 0.1) is 26.4 Å². The smallest absolute Gasteiger partial charge is 0.462 e. The van der Waals surface area contributed by atoms with Gasteiger partial charge in [-0.25, -0.2) is 9.13 Å². The van der Waals surface area contributed by atoms with Crippen molar-refractivity contribution in [1.29, 1.82) is 0 Å². The van der Waals surface area contributed by atoms with Crippen molar-refractivity contribution in [3.05, 3.63) is 0 Å². The lowest BCUT2D eigenvalue weighted by Crippen LogP contribution is -2.30. The predicted molar refractivity (Wildman–Crippen MR) is 363 cm³/mol. The Bertz CT molecular complexity index is 1780. The van der Waals surface area contributed by atoms with Crippen LogP contribution in [0.2, 0.25) is 0 Å². The van der Waals surface area contributed by atoms with Crippen molar-refractivity contribution in [1.82, 2.24) is 0 Å². The number of rotatable bonds is 68. The first-order valence-electron chi connectivity index (χ1n) is 36.7. The van der Waals surface area contributed by atoms with Crippen LogP contribution in [-0.2, 0) is 65.4 Å². The number of carbonyl (C=O) groups is 4. The third-order valence-corrected chi connectivity index (χ3v) is 18.6. The number of carbonyl (C=O) groups excluding carboxylic acids is 4. The number of aliphatic hydroxyl groups excluding tert-OH is 1. The van der Waals surface area contributed by atoms with Crippen molar-refractivity contribution in [3.8, 4) is 0 Å². The van der Waals surface area contributed by atoms with Crippen molar-refractivity contribution in [3.63, 3.8) is 0 Å². The second-order valence-corrected chi connectivity index (χ2v) is 30.2. The van der Waals surface area contributed by atoms with Crippen LogP contribution in [0.15, 0.2) is 0 Å². The monoisotopic (exact) mass is 1320 g/mol. The Labute approximate surface area is 549 Å². The summed E-state index contributed by atoms with van der Waals surface area (Å²) in [7, 11) is -9.90. The fraction of sp³-hybridized carbons (Fsp3) is 0.944. The first-order valence-corrected chi connectivity index (χ1v) is 39.7. The van der Waals surface area contributed by atoms with Gasteiger partial charge in [0, 0.05) is 25.7 Å². The Kier molecular flexibility index (Phi) is 59.4. The molecule has 3 N–H and O–H groups in total. The zero-order valence-electron chi connectivity index (χ0n) is 58.8. The largest absolute Gasteiger partial charge is 0.472 e. The van der Waals surface area contributed by atoms with Crippen LogP contribution in [0.4, 0.5) is 0 Å². The van der Waals surface area contributed by atoms with Crippen LogP contribution in [0.1, 0.15) is 351 Å². The van der Waals surface area contributed by atoms with Crippen LogP contribution in [0.5, 0.6) is 0 Å². The van der Waals surface area contributed by atoms with E-state index in [4.69, 9.17) is 37.0 Å². The molecule has 90 heavy (non-hydrogen) atoms. The highest BCUT2D eigenvalue weighted by Crippen LogP contribution is 2.45. The molecule has 0 aliphatic carbocycles. The molecule has 0 amide bonds. The molecule has 0 heterocycles. The van der Waals surface area contributed by atoms with Crippen molar-refractivity contribution in [2.75, 3.05) is 39.6 Å². The fourth-order valence-electron chi connectivity index (χ4n) is 10.6. The Morgan fingerprint density at radius 2 is 0.533 bits per heavy atom. The molecule has 0 fully saturated rings. The second kappa shape index (κ2) is 60.7. The predicted octanol–water partition coefficient (Wildman–Crippen LogP) is 20.1. The highest BCUT2D eigenvalue weighted by atomic mass is 31.2. The molecular weight excluding hydrogens is 1190 g/mol. The van der Waals surface area contributed by atoms with E-state index in [9.17, 15) is 43.2 Å². The van der Waals surface area contributed by atoms with E-state index in [-0.39, 0.29) is 25.7 Å². The van der Waals surface area contributed by atoms with Crippen molar-refractivity contribution < 1.29 is 80.2 Å². The number of ether oxygens (including phenoxy) is 4. The van der Waals surface area contributed by atoms with Gasteiger partial charge < -0.3 is 33.8 Å². The maximum absolute atomic E-state index is 13.0. The summed E-state index contributed by atoms with van der Waals surface area (Å²) < 4.78 is 68.3. The molecule has 0 aliphatic heterocycles. The molecule has 4 unspecified atom stereocenters. The number of unbranched alkanes of at least 4 members (excludes halogenated alkanes) is 33. The zero-order chi connectivity index (χ0) is 66.8. The highest BCUT2D eigenvalue weighted by Gasteiger charge is 2.30. The van der Waals surface area contributed by atoms with Gasteiger partial charge in [0.1, 0.15) is 19.3 Å². The van der Waals surface area contributed by atoms with E-state index in [0.29, 0.717) is 31.6 Å². The molecule has 19 heteroatoms. The molecule has 0 aromatic carbocycles. The SMILES string of the molecule is CCC(C)CCCCCCCCCCC(=O)OC[C@H](COP(=O)(O)OCC(O)COP(=O)(O)OC[C@@H](COC(=O)CCCCCCCCC(C)C)OC(=O)CCCCCCCCCCCCCCCCCC(C)C)OC(=O)CCCCCCCCCCC(C)C. The van der Waals surface area contributed by atoms with Gasteiger partial charge in [-0.15, -0.1) is 0 Å². The second-order valence-electron chi connectivity index (χ2n) is 27.3. The van der Waals surface area contributed by atoms with Crippen molar-refractivity contribution in [2.45, 2.75) is 369 Å². The summed E-state index contributed by atoms with van der Waals surface area (Å²) in [5.74, 6) is 0.846. The molecule has 0 rings (SSSR count). The third kappa shape index (κ3) is 63.5. The summed E-state index contributed by atoms with van der Waals surface area (Å²) >= 11 is 0. The lowest BCUT2D eigenvalue weighted by Gasteiger charge is -2.21. The number of phosphoric ester groups is 2. The Morgan fingerprint density at radius 1 is 0.311 bits per heavy atom. The number of hydrogen-bond donors (Lipinski definition) is 3. The van der Waals surface area contributed by atoms with Gasteiger partial charge in [0.25, 0.3) is 0 Å². The molecule has 0 saturated carbocycles. The first kappa shape index (κ1) is 88.1. The van der Waals surface area contributed by atoms with E-state index in [1.165, 1.54) is 148 Å². The topological polar surface area (TPSA) is 237 Å². The molecule has 0 spiro atoms. The van der Waals surface area contributed by atoms with Crippen LogP contribution < -0.4 is 0 Å². The van der Waals surface area contributed by atoms with E-state index in [1.54, 1.807) is 0 Å². The lowest BCUT2D eigenvalue weighted by atomic mass is 9.99. The molecule has 0 aromatic rings. The molecule has 0 aromatic heterocycles. The molecule has 6 atom stereocenters. The summed E-state index contributed by atoms with van der Waals surface area (Å²) in [6.45, 7) is 14.1. The van der Waals surface area contributed by atoms with E-state index >= 15 is 0 Å². The van der Waals surface area contributed by atoms with E-state index in [0.717, 1.165) is 114 Å². The molecule has 0 radical (unpaired) electrons. The summed E-state index contributed by atoms with van der Waals surface area (Å²) in [5.41, 5.74) is 0. The molecule has 0 aliphatic rings. The number of hydrogen-bond acceptors (Lipinski definition) is 15. The van der Waals surface area contributed by atoms with Gasteiger partial charge in [-0.3, -0.25) is 37.3 Å². The average Bonchev–Trinajstić information content (AvgIpc) is 3.24. The lowest BCUT2D eigenvalue weighted by molar-refractivity contribution is -0.161. The quantitative estimate of drug-likeness (QED) is 0.0222. The maximum Gasteiger partial charge on any atom is 0.472 e. The number of esters is 4. The van der Waals surface area contributed by atoms with Gasteiger partial charge in [0.2, 0.25) is 0 Å². The summed E-state index contributed by atoms with van der Waals surface area (Å²) in [6, 6.07) is 0. The van der Waals surface area contributed by atoms with E-state index in [2.05, 4.69) is 55.4 Å². The Hall–Kier alpha value is -1.94. The maximum atomic E-state index is 13.0. The third-order valence-electron chi connectivity index (χ3n) is 16.7. The first-order chi connectivity index (χ1) is 43.1. The van der Waals surface area contributed by atoms with Gasteiger partial charge in [-0.2, -0.15) is 0 Å². The highest BCUT2D eigenvalue weighted by molar-refractivity contribution is 7.47. The van der Waals surface area contributed by atoms with Crippen molar-refractivity contribution >= 4 is 39.5 Å². The van der Waals surface area contributed by atoms with Crippen LogP contribution >= 0.6 is 15.6 Å². The van der Waals surface area contributed by atoms with E-state index < -0.39 is 97.5 Å². The Morgan fingerprint density at radius 3 is 0.789 bits per heavy atom. The molecule has 0 bridgehead atoms. The van der Waals surface area contributed by atoms with Crippen LogP contribution in [-0.4, -0.2) is 96.7 Å². The Balaban J connectivity index is 5.21. The van der Waals surface area contributed by atoms with Gasteiger partial charge in [-0.05, 0) is 49.4 Å². The standard InChI is InChI=1S/C71H138O17P2/c1-9-64(8)50-42-34-25-20-22-26-35-43-51-68(73)81-57-66(88-71(76)54-46-38-28-21-19-24-32-40-48-62(4)5)59-85-89(77,78)83-55-65(72)56-84-90(79,80)86-60-67(58-82-69(74)52-44-36-30-29-33-41-49-63(6)7)87-70(75)53-45-37-27-18-16-14-12-10-11-13-15-17-23-31-39-47-61(2)3/h61-67,72H,9-60H2,1-8H3,(H,77,78)(H,79,80)/t64?,65?,66-,67-/m1/s1. The van der Waals surface area contributed by atoms with Crippen molar-refractivity contribution in [2.24, 2.45) is 23.7 Å². The minimum absolute atomic E-state index is 0.103. The van der Waals surface area contributed by atoms with Gasteiger partial charge >= 0.3 is 39.5 Å². The molecular formula is C71H138O17P2. The summed E-state index contributed by atoms with van der Waals surface area (Å²) in [4.78, 5) is 72.5. The van der Waals surface area contributed by atoms with Gasteiger partial charge in [0.15, 0.2) is 12.2 Å². The molecule has 534 valence electrons.